The Balaban J connectivity index is 2.42. The molecule has 0 saturated heterocycles. The fourth-order valence-corrected chi connectivity index (χ4v) is 1.75. The van der Waals surface area contributed by atoms with Crippen LogP contribution in [0.1, 0.15) is 6.92 Å². The van der Waals surface area contributed by atoms with E-state index in [1.165, 1.54) is 11.8 Å². The summed E-state index contributed by atoms with van der Waals surface area (Å²) in [6.07, 6.45) is 3.49. The molecule has 84 valence electrons. The van der Waals surface area contributed by atoms with Crippen molar-refractivity contribution in [1.29, 1.82) is 0 Å². The molecule has 0 atom stereocenters. The number of carboxylic acids is 1. The van der Waals surface area contributed by atoms with Gasteiger partial charge in [0.05, 0.1) is 12.4 Å². The fraction of sp³-hybridized carbons (Fsp3) is 0.556. The van der Waals surface area contributed by atoms with Crippen molar-refractivity contribution in [2.75, 3.05) is 19.0 Å². The van der Waals surface area contributed by atoms with Crippen molar-refractivity contribution < 1.29 is 14.6 Å². The molecule has 6 heteroatoms. The lowest BCUT2D eigenvalue weighted by atomic mass is 10.6. The summed E-state index contributed by atoms with van der Waals surface area (Å²) in [6, 6.07) is 0. The van der Waals surface area contributed by atoms with Gasteiger partial charge < -0.3 is 14.4 Å². The van der Waals surface area contributed by atoms with Crippen LogP contribution in [0.5, 0.6) is 0 Å². The molecule has 0 radical (unpaired) electrons. The average Bonchev–Trinajstić information content (AvgIpc) is 2.63. The van der Waals surface area contributed by atoms with Gasteiger partial charge >= 0.3 is 5.97 Å². The van der Waals surface area contributed by atoms with Crippen molar-refractivity contribution >= 4 is 17.7 Å². The van der Waals surface area contributed by atoms with E-state index in [1.807, 2.05) is 17.7 Å². The molecule has 5 nitrogen and oxygen atoms in total. The highest BCUT2D eigenvalue weighted by molar-refractivity contribution is 7.99. The molecule has 0 aliphatic heterocycles. The normalized spacial score (nSPS) is 10.5. The van der Waals surface area contributed by atoms with Crippen LogP contribution in [0.25, 0.3) is 0 Å². The first kappa shape index (κ1) is 12.1. The van der Waals surface area contributed by atoms with Gasteiger partial charge in [0.25, 0.3) is 0 Å². The molecule has 1 aromatic heterocycles. The smallest absolute Gasteiger partial charge is 0.313 e. The fourth-order valence-electron chi connectivity index (χ4n) is 1.04. The van der Waals surface area contributed by atoms with E-state index >= 15 is 0 Å². The van der Waals surface area contributed by atoms with E-state index in [1.54, 1.807) is 6.20 Å². The Bertz CT molecular complexity index is 314. The van der Waals surface area contributed by atoms with Crippen LogP contribution in [0.15, 0.2) is 17.6 Å². The molecule has 0 aliphatic carbocycles. The minimum absolute atomic E-state index is 0.0334. The Morgan fingerprint density at radius 1 is 1.73 bits per heavy atom. The maximum Gasteiger partial charge on any atom is 0.313 e. The molecule has 0 saturated carbocycles. The molecule has 1 aromatic rings. The number of rotatable bonds is 7. The van der Waals surface area contributed by atoms with Gasteiger partial charge in [-0.05, 0) is 6.92 Å². The Morgan fingerprint density at radius 3 is 3.20 bits per heavy atom. The molecule has 0 amide bonds. The summed E-state index contributed by atoms with van der Waals surface area (Å²) < 4.78 is 7.11. The third kappa shape index (κ3) is 4.35. The largest absolute Gasteiger partial charge is 0.481 e. The standard InChI is InChI=1S/C9H14N2O3S/c1-2-14-6-5-11-4-3-10-9(11)15-7-8(12)13/h3-4H,2,5-7H2,1H3,(H,12,13). The van der Waals surface area contributed by atoms with Crippen LogP contribution < -0.4 is 0 Å². The van der Waals surface area contributed by atoms with E-state index in [-0.39, 0.29) is 5.75 Å². The molecule has 1 heterocycles. The topological polar surface area (TPSA) is 64.4 Å². The molecule has 0 fully saturated rings. The molecule has 0 aromatic carbocycles. The average molecular weight is 230 g/mol. The van der Waals surface area contributed by atoms with Crippen LogP contribution in [0.2, 0.25) is 0 Å². The van der Waals surface area contributed by atoms with Crippen molar-refractivity contribution in [3.63, 3.8) is 0 Å². The van der Waals surface area contributed by atoms with E-state index in [0.717, 1.165) is 5.16 Å². The Kier molecular flexibility index (Phi) is 5.20. The molecule has 0 bridgehead atoms. The van der Waals surface area contributed by atoms with Gasteiger partial charge in [0.15, 0.2) is 5.16 Å². The number of hydrogen-bond acceptors (Lipinski definition) is 4. The number of carboxylic acid groups (broad SMARTS) is 1. The third-order valence-electron chi connectivity index (χ3n) is 1.68. The van der Waals surface area contributed by atoms with Crippen molar-refractivity contribution in [2.45, 2.75) is 18.6 Å². The van der Waals surface area contributed by atoms with E-state index in [2.05, 4.69) is 4.98 Å². The first-order valence-electron chi connectivity index (χ1n) is 4.67. The molecule has 1 rings (SSSR count). The number of carbonyl (C=O) groups is 1. The van der Waals surface area contributed by atoms with Gasteiger partial charge in [-0.2, -0.15) is 0 Å². The van der Waals surface area contributed by atoms with Gasteiger partial charge in [0, 0.05) is 25.5 Å². The zero-order valence-corrected chi connectivity index (χ0v) is 9.37. The first-order valence-corrected chi connectivity index (χ1v) is 5.66. The maximum absolute atomic E-state index is 10.4. The predicted molar refractivity (Wildman–Crippen MR) is 57.1 cm³/mol. The highest BCUT2D eigenvalue weighted by atomic mass is 32.2. The van der Waals surface area contributed by atoms with Crippen LogP contribution in [0, 0.1) is 0 Å². The molecule has 0 unspecified atom stereocenters. The molecule has 15 heavy (non-hydrogen) atoms. The summed E-state index contributed by atoms with van der Waals surface area (Å²) >= 11 is 1.22. The van der Waals surface area contributed by atoms with Crippen LogP contribution in [-0.4, -0.2) is 39.6 Å². The van der Waals surface area contributed by atoms with Crippen LogP contribution in [0.3, 0.4) is 0 Å². The molecular formula is C9H14N2O3S. The summed E-state index contributed by atoms with van der Waals surface area (Å²) in [6.45, 7) is 3.95. The van der Waals surface area contributed by atoms with Gasteiger partial charge in [-0.3, -0.25) is 4.79 Å². The predicted octanol–water partition coefficient (Wildman–Crippen LogP) is 1.10. The van der Waals surface area contributed by atoms with Crippen LogP contribution >= 0.6 is 11.8 Å². The summed E-state index contributed by atoms with van der Waals surface area (Å²) in [4.78, 5) is 14.5. The number of ether oxygens (including phenoxy) is 1. The van der Waals surface area contributed by atoms with Crippen molar-refractivity contribution in [3.8, 4) is 0 Å². The summed E-state index contributed by atoms with van der Waals surface area (Å²) in [7, 11) is 0. The zero-order chi connectivity index (χ0) is 11.1. The van der Waals surface area contributed by atoms with Crippen molar-refractivity contribution in [2.24, 2.45) is 0 Å². The van der Waals surface area contributed by atoms with Gasteiger partial charge in [-0.25, -0.2) is 4.98 Å². The number of thioether (sulfide) groups is 1. The lowest BCUT2D eigenvalue weighted by Crippen LogP contribution is -2.07. The van der Waals surface area contributed by atoms with Gasteiger partial charge in [0.2, 0.25) is 0 Å². The molecule has 0 spiro atoms. The highest BCUT2D eigenvalue weighted by Gasteiger charge is 2.05. The molecular weight excluding hydrogens is 216 g/mol. The van der Waals surface area contributed by atoms with Gasteiger partial charge in [-0.1, -0.05) is 11.8 Å². The van der Waals surface area contributed by atoms with Crippen molar-refractivity contribution in [1.82, 2.24) is 9.55 Å². The summed E-state index contributed by atoms with van der Waals surface area (Å²) in [5.41, 5.74) is 0. The molecule has 1 N–H and O–H groups in total. The Morgan fingerprint density at radius 2 is 2.53 bits per heavy atom. The second kappa shape index (κ2) is 6.47. The quantitative estimate of drug-likeness (QED) is 0.561. The maximum atomic E-state index is 10.4. The first-order chi connectivity index (χ1) is 7.24. The number of imidazole rings is 1. The Labute approximate surface area is 92.5 Å². The zero-order valence-electron chi connectivity index (χ0n) is 8.55. The second-order valence-electron chi connectivity index (χ2n) is 2.78. The van der Waals surface area contributed by atoms with Gasteiger partial charge in [-0.15, -0.1) is 0 Å². The summed E-state index contributed by atoms with van der Waals surface area (Å²) in [5.74, 6) is -0.801. The SMILES string of the molecule is CCOCCn1ccnc1SCC(=O)O. The number of nitrogens with zero attached hydrogens (tertiary/aromatic N) is 2. The number of aromatic nitrogens is 2. The third-order valence-corrected chi connectivity index (χ3v) is 2.67. The van der Waals surface area contributed by atoms with Gasteiger partial charge in [0.1, 0.15) is 0 Å². The number of aliphatic carboxylic acids is 1. The van der Waals surface area contributed by atoms with E-state index in [9.17, 15) is 4.79 Å². The van der Waals surface area contributed by atoms with Crippen LogP contribution in [-0.2, 0) is 16.1 Å². The number of hydrogen-bond donors (Lipinski definition) is 1. The van der Waals surface area contributed by atoms with E-state index in [4.69, 9.17) is 9.84 Å². The lowest BCUT2D eigenvalue weighted by molar-refractivity contribution is -0.133. The summed E-state index contributed by atoms with van der Waals surface area (Å²) in [5, 5.41) is 9.25. The second-order valence-corrected chi connectivity index (χ2v) is 3.73. The van der Waals surface area contributed by atoms with E-state index in [0.29, 0.717) is 19.8 Å². The van der Waals surface area contributed by atoms with Crippen molar-refractivity contribution in [3.05, 3.63) is 12.4 Å². The lowest BCUT2D eigenvalue weighted by Gasteiger charge is -2.06. The minimum atomic E-state index is -0.834. The monoisotopic (exact) mass is 230 g/mol. The molecule has 0 aliphatic rings. The van der Waals surface area contributed by atoms with Crippen LogP contribution in [0.4, 0.5) is 0 Å². The Hall–Kier alpha value is -1.01. The van der Waals surface area contributed by atoms with E-state index < -0.39 is 5.97 Å². The highest BCUT2D eigenvalue weighted by Crippen LogP contribution is 2.14. The minimum Gasteiger partial charge on any atom is -0.481 e.